The first-order valence-corrected chi connectivity index (χ1v) is 8.69. The molecule has 2 saturated heterocycles. The van der Waals surface area contributed by atoms with Crippen molar-refractivity contribution in [3.05, 3.63) is 34.6 Å². The Morgan fingerprint density at radius 2 is 2.20 bits per heavy atom. The summed E-state index contributed by atoms with van der Waals surface area (Å²) in [7, 11) is 0. The Labute approximate surface area is 158 Å². The lowest BCUT2D eigenvalue weighted by Crippen LogP contribution is -2.40. The number of carbonyl (C=O) groups is 1. The summed E-state index contributed by atoms with van der Waals surface area (Å²) in [5.41, 5.74) is 0.733. The van der Waals surface area contributed by atoms with E-state index in [1.54, 1.807) is 6.07 Å². The van der Waals surface area contributed by atoms with E-state index >= 15 is 0 Å². The Kier molecular flexibility index (Phi) is 7.90. The minimum absolute atomic E-state index is 0. The lowest BCUT2D eigenvalue weighted by Gasteiger charge is -2.26. The number of halogens is 3. The zero-order valence-electron chi connectivity index (χ0n) is 13.8. The molecule has 2 heterocycles. The molecule has 2 N–H and O–H groups in total. The third kappa shape index (κ3) is 5.28. The van der Waals surface area contributed by atoms with E-state index in [1.807, 2.05) is 0 Å². The number of benzene rings is 1. The van der Waals surface area contributed by atoms with Gasteiger partial charge in [-0.25, -0.2) is 4.39 Å². The van der Waals surface area contributed by atoms with Crippen LogP contribution in [0.5, 0.6) is 0 Å². The van der Waals surface area contributed by atoms with Crippen molar-refractivity contribution in [1.29, 1.82) is 0 Å². The highest BCUT2D eigenvalue weighted by Gasteiger charge is 2.29. The average molecular weight is 393 g/mol. The molecule has 3 atom stereocenters. The maximum atomic E-state index is 13.8. The van der Waals surface area contributed by atoms with Crippen LogP contribution in [0.25, 0.3) is 0 Å². The first-order valence-electron chi connectivity index (χ1n) is 8.31. The van der Waals surface area contributed by atoms with Crippen molar-refractivity contribution in [3.8, 4) is 0 Å². The van der Waals surface area contributed by atoms with Crippen LogP contribution in [-0.2, 0) is 14.3 Å². The van der Waals surface area contributed by atoms with Crippen molar-refractivity contribution in [3.63, 3.8) is 0 Å². The van der Waals surface area contributed by atoms with Crippen molar-refractivity contribution in [1.82, 2.24) is 10.6 Å². The molecule has 2 fully saturated rings. The van der Waals surface area contributed by atoms with Crippen LogP contribution in [0.4, 0.5) is 4.39 Å². The highest BCUT2D eigenvalue weighted by molar-refractivity contribution is 6.30. The molecule has 0 bridgehead atoms. The Morgan fingerprint density at radius 1 is 1.36 bits per heavy atom. The van der Waals surface area contributed by atoms with E-state index in [9.17, 15) is 9.18 Å². The van der Waals surface area contributed by atoms with Gasteiger partial charge >= 0.3 is 0 Å². The van der Waals surface area contributed by atoms with Crippen LogP contribution < -0.4 is 10.6 Å². The summed E-state index contributed by atoms with van der Waals surface area (Å²) in [6.07, 6.45) is 1.03. The zero-order valence-corrected chi connectivity index (χ0v) is 15.4. The predicted molar refractivity (Wildman–Crippen MR) is 95.7 cm³/mol. The van der Waals surface area contributed by atoms with E-state index in [-0.39, 0.29) is 41.5 Å². The van der Waals surface area contributed by atoms with Gasteiger partial charge in [-0.15, -0.1) is 12.4 Å². The zero-order chi connectivity index (χ0) is 16.9. The molecule has 3 rings (SSSR count). The molecule has 0 saturated carbocycles. The van der Waals surface area contributed by atoms with Crippen molar-refractivity contribution in [2.45, 2.75) is 25.0 Å². The normalized spacial score (nSPS) is 26.6. The molecule has 1 unspecified atom stereocenters. The lowest BCUT2D eigenvalue weighted by atomic mass is 9.95. The smallest absolute Gasteiger partial charge is 0.249 e. The van der Waals surface area contributed by atoms with Gasteiger partial charge in [0.05, 0.1) is 17.7 Å². The molecule has 0 radical (unpaired) electrons. The highest BCUT2D eigenvalue weighted by Crippen LogP contribution is 2.29. The molecule has 2 aliphatic rings. The van der Waals surface area contributed by atoms with Gasteiger partial charge in [0.25, 0.3) is 0 Å². The number of hydrogen-bond acceptors (Lipinski definition) is 4. The molecule has 140 valence electrons. The second-order valence-electron chi connectivity index (χ2n) is 6.18. The molecule has 25 heavy (non-hydrogen) atoms. The van der Waals surface area contributed by atoms with E-state index in [2.05, 4.69) is 10.6 Å². The van der Waals surface area contributed by atoms with Gasteiger partial charge in [-0.3, -0.25) is 4.79 Å². The van der Waals surface area contributed by atoms with Crippen molar-refractivity contribution >= 4 is 29.9 Å². The molecule has 0 spiro atoms. The van der Waals surface area contributed by atoms with Crippen LogP contribution in [0.3, 0.4) is 0 Å². The van der Waals surface area contributed by atoms with Crippen LogP contribution >= 0.6 is 24.0 Å². The Balaban J connectivity index is 0.00000225. The number of carbonyl (C=O) groups excluding carboxylic acids is 1. The largest absolute Gasteiger partial charge is 0.372 e. The SMILES string of the molecule is Cl.O=C(NC[C@@H]1CNCCO[C@H]1c1ccc(Cl)c(F)c1)C1CCCO1. The monoisotopic (exact) mass is 392 g/mol. The van der Waals surface area contributed by atoms with Gasteiger partial charge in [-0.2, -0.15) is 0 Å². The summed E-state index contributed by atoms with van der Waals surface area (Å²) in [5, 5.41) is 6.32. The molecule has 0 aromatic heterocycles. The second-order valence-corrected chi connectivity index (χ2v) is 6.58. The Hall–Kier alpha value is -0.920. The van der Waals surface area contributed by atoms with Gasteiger partial charge in [0.2, 0.25) is 5.91 Å². The number of rotatable bonds is 4. The summed E-state index contributed by atoms with van der Waals surface area (Å²) in [5.74, 6) is -0.548. The van der Waals surface area contributed by atoms with Gasteiger partial charge in [-0.05, 0) is 30.5 Å². The maximum absolute atomic E-state index is 13.8. The number of hydrogen-bond donors (Lipinski definition) is 2. The van der Waals surface area contributed by atoms with E-state index in [0.717, 1.165) is 24.9 Å². The van der Waals surface area contributed by atoms with Gasteiger partial charge < -0.3 is 20.1 Å². The van der Waals surface area contributed by atoms with Gasteiger partial charge in [0.1, 0.15) is 11.9 Å². The second kappa shape index (κ2) is 9.69. The van der Waals surface area contributed by atoms with Crippen molar-refractivity contribution < 1.29 is 18.7 Å². The summed E-state index contributed by atoms with van der Waals surface area (Å²) in [6.45, 7) is 3.02. The summed E-state index contributed by atoms with van der Waals surface area (Å²) < 4.78 is 25.1. The molecular formula is C17H23Cl2FN2O3. The van der Waals surface area contributed by atoms with Crippen molar-refractivity contribution in [2.75, 3.05) is 32.8 Å². The fourth-order valence-electron chi connectivity index (χ4n) is 3.16. The standard InChI is InChI=1S/C17H22ClFN2O3.ClH/c18-13-4-3-11(8-14(13)19)16-12(9-20-5-7-24-16)10-21-17(22)15-2-1-6-23-15;/h3-4,8,12,15-16,20H,1-2,5-7,9-10H2,(H,21,22);1H/t12-,15?,16-;/m0./s1. The summed E-state index contributed by atoms with van der Waals surface area (Å²) in [4.78, 5) is 12.1. The van der Waals surface area contributed by atoms with E-state index in [1.165, 1.54) is 12.1 Å². The molecule has 5 nitrogen and oxygen atoms in total. The number of nitrogens with one attached hydrogen (secondary N) is 2. The molecule has 1 aromatic carbocycles. The van der Waals surface area contributed by atoms with Crippen LogP contribution in [0.2, 0.25) is 5.02 Å². The third-order valence-corrected chi connectivity index (χ3v) is 4.75. The minimum Gasteiger partial charge on any atom is -0.372 e. The van der Waals surface area contributed by atoms with E-state index in [0.29, 0.717) is 26.3 Å². The predicted octanol–water partition coefficient (Wildman–Crippen LogP) is 2.47. The fraction of sp³-hybridized carbons (Fsp3) is 0.588. The lowest BCUT2D eigenvalue weighted by molar-refractivity contribution is -0.130. The minimum atomic E-state index is -0.461. The van der Waals surface area contributed by atoms with Gasteiger partial charge in [0, 0.05) is 32.2 Å². The first kappa shape index (κ1) is 20.4. The highest BCUT2D eigenvalue weighted by atomic mass is 35.5. The molecule has 0 aliphatic carbocycles. The molecule has 1 amide bonds. The molecule has 2 aliphatic heterocycles. The van der Waals surface area contributed by atoms with Gasteiger partial charge in [0.15, 0.2) is 0 Å². The van der Waals surface area contributed by atoms with Crippen LogP contribution in [0.1, 0.15) is 24.5 Å². The van der Waals surface area contributed by atoms with Crippen LogP contribution in [0, 0.1) is 11.7 Å². The van der Waals surface area contributed by atoms with Crippen LogP contribution in [-0.4, -0.2) is 44.9 Å². The summed E-state index contributed by atoms with van der Waals surface area (Å²) >= 11 is 5.76. The first-order chi connectivity index (χ1) is 11.6. The molecular weight excluding hydrogens is 370 g/mol. The van der Waals surface area contributed by atoms with E-state index in [4.69, 9.17) is 21.1 Å². The molecule has 8 heteroatoms. The number of ether oxygens (including phenoxy) is 2. The summed E-state index contributed by atoms with van der Waals surface area (Å²) in [6, 6.07) is 4.72. The Morgan fingerprint density at radius 3 is 2.92 bits per heavy atom. The fourth-order valence-corrected chi connectivity index (χ4v) is 3.27. The topological polar surface area (TPSA) is 59.6 Å². The molecule has 1 aromatic rings. The quantitative estimate of drug-likeness (QED) is 0.825. The van der Waals surface area contributed by atoms with Crippen LogP contribution in [0.15, 0.2) is 18.2 Å². The van der Waals surface area contributed by atoms with Gasteiger partial charge in [-0.1, -0.05) is 17.7 Å². The van der Waals surface area contributed by atoms with E-state index < -0.39 is 5.82 Å². The Bertz CT molecular complexity index is 585. The third-order valence-electron chi connectivity index (χ3n) is 4.44. The maximum Gasteiger partial charge on any atom is 0.249 e. The number of amides is 1. The van der Waals surface area contributed by atoms with Crippen molar-refractivity contribution in [2.24, 2.45) is 5.92 Å². The average Bonchev–Trinajstić information content (AvgIpc) is 3.02.